The van der Waals surface area contributed by atoms with E-state index in [2.05, 4.69) is 4.90 Å². The van der Waals surface area contributed by atoms with Crippen LogP contribution >= 0.6 is 11.3 Å². The Morgan fingerprint density at radius 2 is 1.54 bits per heavy atom. The molecule has 5 nitrogen and oxygen atoms in total. The highest BCUT2D eigenvalue weighted by atomic mass is 32.1. The second-order valence-electron chi connectivity index (χ2n) is 7.54. The molecule has 2 fully saturated rings. The first-order chi connectivity index (χ1) is 13.7. The number of carbonyl (C=O) groups is 2. The summed E-state index contributed by atoms with van der Waals surface area (Å²) >= 11 is 1.51. The molecular formula is C22H27N3O2S. The molecule has 0 N–H and O–H groups in total. The van der Waals surface area contributed by atoms with Gasteiger partial charge in [-0.1, -0.05) is 30.3 Å². The maximum Gasteiger partial charge on any atom is 0.264 e. The number of nitrogens with zero attached hydrogens (tertiary/aromatic N) is 3. The topological polar surface area (TPSA) is 43.9 Å². The van der Waals surface area contributed by atoms with Crippen molar-refractivity contribution >= 4 is 23.2 Å². The Kier molecular flexibility index (Phi) is 6.07. The van der Waals surface area contributed by atoms with E-state index in [1.165, 1.54) is 17.8 Å². The Labute approximate surface area is 170 Å². The number of rotatable bonds is 4. The second kappa shape index (κ2) is 8.88. The van der Waals surface area contributed by atoms with E-state index in [0.29, 0.717) is 19.6 Å². The average Bonchev–Trinajstić information content (AvgIpc) is 3.25. The Hall–Kier alpha value is -2.18. The minimum absolute atomic E-state index is 0.107. The third kappa shape index (κ3) is 4.28. The molecule has 4 rings (SSSR count). The summed E-state index contributed by atoms with van der Waals surface area (Å²) in [6, 6.07) is 12.1. The minimum atomic E-state index is 0.107. The summed E-state index contributed by atoms with van der Waals surface area (Å²) in [5, 5.41) is 1.99. The van der Waals surface area contributed by atoms with Gasteiger partial charge in [-0.15, -0.1) is 11.3 Å². The molecule has 0 bridgehead atoms. The van der Waals surface area contributed by atoms with Gasteiger partial charge in [0.2, 0.25) is 5.91 Å². The highest BCUT2D eigenvalue weighted by Gasteiger charge is 2.27. The third-order valence-electron chi connectivity index (χ3n) is 5.67. The molecule has 148 valence electrons. The van der Waals surface area contributed by atoms with Gasteiger partial charge in [0.25, 0.3) is 5.91 Å². The van der Waals surface area contributed by atoms with E-state index in [1.54, 1.807) is 0 Å². The Morgan fingerprint density at radius 1 is 0.821 bits per heavy atom. The van der Waals surface area contributed by atoms with E-state index in [-0.39, 0.29) is 11.8 Å². The maximum absolute atomic E-state index is 13.1. The molecule has 1 aromatic carbocycles. The summed E-state index contributed by atoms with van der Waals surface area (Å²) in [6.07, 6.45) is 3.48. The molecule has 6 heteroatoms. The van der Waals surface area contributed by atoms with Crippen LogP contribution in [0.25, 0.3) is 11.1 Å². The number of carbonyl (C=O) groups excluding carboxylic acids is 2. The maximum atomic E-state index is 13.1. The van der Waals surface area contributed by atoms with E-state index < -0.39 is 0 Å². The number of benzene rings is 1. The zero-order valence-corrected chi connectivity index (χ0v) is 17.0. The fourth-order valence-corrected chi connectivity index (χ4v) is 4.89. The molecule has 2 aliphatic rings. The Balaban J connectivity index is 1.34. The third-order valence-corrected chi connectivity index (χ3v) is 6.57. The van der Waals surface area contributed by atoms with Crippen molar-refractivity contribution in [2.75, 3.05) is 45.8 Å². The second-order valence-corrected chi connectivity index (χ2v) is 8.46. The number of likely N-dealkylation sites (tertiary alicyclic amines) is 1. The number of thiophene rings is 1. The van der Waals surface area contributed by atoms with Gasteiger partial charge < -0.3 is 9.80 Å². The van der Waals surface area contributed by atoms with Crippen molar-refractivity contribution in [3.8, 4) is 11.1 Å². The summed E-state index contributed by atoms with van der Waals surface area (Å²) in [5.41, 5.74) is 2.09. The number of amides is 2. The lowest BCUT2D eigenvalue weighted by molar-refractivity contribution is -0.133. The van der Waals surface area contributed by atoms with E-state index in [1.807, 2.05) is 51.6 Å². The number of hydrogen-bond acceptors (Lipinski definition) is 4. The minimum Gasteiger partial charge on any atom is -0.342 e. The highest BCUT2D eigenvalue weighted by molar-refractivity contribution is 7.12. The molecule has 0 spiro atoms. The van der Waals surface area contributed by atoms with Crippen LogP contribution in [0.5, 0.6) is 0 Å². The molecule has 2 aliphatic heterocycles. The average molecular weight is 398 g/mol. The van der Waals surface area contributed by atoms with Gasteiger partial charge in [0.05, 0.1) is 11.4 Å². The van der Waals surface area contributed by atoms with Gasteiger partial charge in [0.1, 0.15) is 0 Å². The quantitative estimate of drug-likeness (QED) is 0.796. The van der Waals surface area contributed by atoms with Crippen LogP contribution < -0.4 is 0 Å². The van der Waals surface area contributed by atoms with E-state index in [9.17, 15) is 9.59 Å². The van der Waals surface area contributed by atoms with Crippen molar-refractivity contribution in [3.63, 3.8) is 0 Å². The lowest BCUT2D eigenvalue weighted by Gasteiger charge is -2.36. The first-order valence-electron chi connectivity index (χ1n) is 10.1. The predicted molar refractivity (Wildman–Crippen MR) is 113 cm³/mol. The van der Waals surface area contributed by atoms with Crippen molar-refractivity contribution in [1.29, 1.82) is 0 Å². The van der Waals surface area contributed by atoms with Crippen molar-refractivity contribution < 1.29 is 9.59 Å². The van der Waals surface area contributed by atoms with Gasteiger partial charge in [0, 0.05) is 44.8 Å². The normalized spacial score (nSPS) is 18.3. The Bertz CT molecular complexity index is 806. The van der Waals surface area contributed by atoms with Crippen LogP contribution in [0.2, 0.25) is 0 Å². The smallest absolute Gasteiger partial charge is 0.264 e. The standard InChI is InChI=1S/C22H27N3O2S/c26-20(24-10-5-2-6-11-24)17-23-12-14-25(15-13-23)22(27)21-19(9-16-28-21)18-7-3-1-4-8-18/h1,3-4,7-9,16H,2,5-6,10-15,17H2. The lowest BCUT2D eigenvalue weighted by atomic mass is 10.1. The van der Waals surface area contributed by atoms with Gasteiger partial charge >= 0.3 is 0 Å². The van der Waals surface area contributed by atoms with Crippen molar-refractivity contribution in [3.05, 3.63) is 46.7 Å². The van der Waals surface area contributed by atoms with Crippen LogP contribution in [0.15, 0.2) is 41.8 Å². The molecule has 2 amide bonds. The van der Waals surface area contributed by atoms with E-state index in [0.717, 1.165) is 55.0 Å². The number of hydrogen-bond donors (Lipinski definition) is 0. The van der Waals surface area contributed by atoms with E-state index in [4.69, 9.17) is 0 Å². The summed E-state index contributed by atoms with van der Waals surface area (Å²) < 4.78 is 0. The number of piperidine rings is 1. The molecule has 0 saturated carbocycles. The van der Waals surface area contributed by atoms with Gasteiger partial charge in [0.15, 0.2) is 0 Å². The van der Waals surface area contributed by atoms with Crippen LogP contribution in [0, 0.1) is 0 Å². The van der Waals surface area contributed by atoms with Gasteiger partial charge in [-0.3, -0.25) is 14.5 Å². The molecule has 3 heterocycles. The van der Waals surface area contributed by atoms with Crippen LogP contribution in [-0.4, -0.2) is 72.3 Å². The fourth-order valence-electron chi connectivity index (χ4n) is 4.01. The lowest BCUT2D eigenvalue weighted by Crippen LogP contribution is -2.52. The number of piperazine rings is 1. The predicted octanol–water partition coefficient (Wildman–Crippen LogP) is 3.19. The fraction of sp³-hybridized carbons (Fsp3) is 0.455. The van der Waals surface area contributed by atoms with Crippen LogP contribution in [0.4, 0.5) is 0 Å². The van der Waals surface area contributed by atoms with Gasteiger partial charge in [-0.2, -0.15) is 0 Å². The van der Waals surface area contributed by atoms with Gasteiger partial charge in [-0.05, 0) is 36.3 Å². The monoisotopic (exact) mass is 397 g/mol. The summed E-state index contributed by atoms with van der Waals surface area (Å²) in [6.45, 7) is 5.16. The van der Waals surface area contributed by atoms with Crippen LogP contribution in [0.1, 0.15) is 28.9 Å². The molecule has 2 aromatic rings. The largest absolute Gasteiger partial charge is 0.342 e. The highest BCUT2D eigenvalue weighted by Crippen LogP contribution is 2.29. The molecule has 28 heavy (non-hydrogen) atoms. The zero-order chi connectivity index (χ0) is 19.3. The first-order valence-corrected chi connectivity index (χ1v) is 11.0. The van der Waals surface area contributed by atoms with E-state index >= 15 is 0 Å². The molecule has 0 radical (unpaired) electrons. The molecular weight excluding hydrogens is 370 g/mol. The van der Waals surface area contributed by atoms with Crippen molar-refractivity contribution in [2.24, 2.45) is 0 Å². The van der Waals surface area contributed by atoms with Crippen LogP contribution in [-0.2, 0) is 4.79 Å². The molecule has 0 aliphatic carbocycles. The zero-order valence-electron chi connectivity index (χ0n) is 16.2. The SMILES string of the molecule is O=C(CN1CCN(C(=O)c2sccc2-c2ccccc2)CC1)N1CCCCC1. The molecule has 0 unspecified atom stereocenters. The van der Waals surface area contributed by atoms with Crippen molar-refractivity contribution in [2.45, 2.75) is 19.3 Å². The van der Waals surface area contributed by atoms with Crippen LogP contribution in [0.3, 0.4) is 0 Å². The molecule has 2 saturated heterocycles. The molecule has 0 atom stereocenters. The summed E-state index contributed by atoms with van der Waals surface area (Å²) in [5.74, 6) is 0.347. The Morgan fingerprint density at radius 3 is 2.25 bits per heavy atom. The van der Waals surface area contributed by atoms with Gasteiger partial charge in [-0.25, -0.2) is 0 Å². The van der Waals surface area contributed by atoms with Crippen molar-refractivity contribution in [1.82, 2.24) is 14.7 Å². The first kappa shape index (κ1) is 19.2. The molecule has 1 aromatic heterocycles. The summed E-state index contributed by atoms with van der Waals surface area (Å²) in [4.78, 5) is 32.5. The summed E-state index contributed by atoms with van der Waals surface area (Å²) in [7, 11) is 0.